The Morgan fingerprint density at radius 2 is 1.68 bits per heavy atom. The predicted octanol–water partition coefficient (Wildman–Crippen LogP) is 3.87. The second kappa shape index (κ2) is 6.19. The molecule has 0 aromatic heterocycles. The lowest BCUT2D eigenvalue weighted by molar-refractivity contribution is -0.116. The van der Waals surface area contributed by atoms with Crippen LogP contribution in [0.15, 0.2) is 48.5 Å². The molecule has 0 aliphatic rings. The zero-order valence-electron chi connectivity index (χ0n) is 11.4. The van der Waals surface area contributed by atoms with Crippen molar-refractivity contribution in [2.45, 2.75) is 26.7 Å². The number of hydrogen-bond acceptors (Lipinski definition) is 1. The number of aryl methyl sites for hydroxylation is 3. The molecule has 0 heterocycles. The number of para-hydroxylation sites is 1. The SMILES string of the molecule is Cc1ccc(CCC(=O)Nc2ccccc2C)cc1. The van der Waals surface area contributed by atoms with E-state index in [1.807, 2.05) is 31.2 Å². The Hall–Kier alpha value is -2.09. The molecule has 1 N–H and O–H groups in total. The van der Waals surface area contributed by atoms with Crippen molar-refractivity contribution in [2.75, 3.05) is 5.32 Å². The number of amides is 1. The van der Waals surface area contributed by atoms with E-state index in [1.54, 1.807) is 0 Å². The number of benzene rings is 2. The molecule has 0 aliphatic heterocycles. The van der Waals surface area contributed by atoms with E-state index in [-0.39, 0.29) is 5.91 Å². The fourth-order valence-corrected chi connectivity index (χ4v) is 1.94. The number of carbonyl (C=O) groups is 1. The van der Waals surface area contributed by atoms with E-state index in [4.69, 9.17) is 0 Å². The van der Waals surface area contributed by atoms with Crippen LogP contribution in [0.25, 0.3) is 0 Å². The van der Waals surface area contributed by atoms with E-state index >= 15 is 0 Å². The monoisotopic (exact) mass is 253 g/mol. The molecule has 0 spiro atoms. The van der Waals surface area contributed by atoms with Crippen LogP contribution in [0.1, 0.15) is 23.1 Å². The molecule has 0 unspecified atom stereocenters. The van der Waals surface area contributed by atoms with Crippen LogP contribution in [0.5, 0.6) is 0 Å². The lowest BCUT2D eigenvalue weighted by Gasteiger charge is -2.08. The van der Waals surface area contributed by atoms with E-state index in [1.165, 1.54) is 11.1 Å². The summed E-state index contributed by atoms with van der Waals surface area (Å²) in [6, 6.07) is 16.1. The van der Waals surface area contributed by atoms with E-state index in [0.717, 1.165) is 17.7 Å². The summed E-state index contributed by atoms with van der Waals surface area (Å²) in [6.07, 6.45) is 1.29. The third kappa shape index (κ3) is 3.95. The lowest BCUT2D eigenvalue weighted by atomic mass is 10.1. The molecule has 98 valence electrons. The number of nitrogens with one attached hydrogen (secondary N) is 1. The Kier molecular flexibility index (Phi) is 4.35. The van der Waals surface area contributed by atoms with Crippen LogP contribution in [0, 0.1) is 13.8 Å². The van der Waals surface area contributed by atoms with E-state index in [9.17, 15) is 4.79 Å². The highest BCUT2D eigenvalue weighted by atomic mass is 16.1. The maximum Gasteiger partial charge on any atom is 0.224 e. The quantitative estimate of drug-likeness (QED) is 0.880. The van der Waals surface area contributed by atoms with Crippen molar-refractivity contribution in [1.29, 1.82) is 0 Å². The zero-order chi connectivity index (χ0) is 13.7. The fourth-order valence-electron chi connectivity index (χ4n) is 1.94. The average molecular weight is 253 g/mol. The molecule has 2 nitrogen and oxygen atoms in total. The fraction of sp³-hybridized carbons (Fsp3) is 0.235. The van der Waals surface area contributed by atoms with Gasteiger partial charge in [0.05, 0.1) is 0 Å². The summed E-state index contributed by atoms with van der Waals surface area (Å²) in [5, 5.41) is 2.95. The average Bonchev–Trinajstić information content (AvgIpc) is 2.41. The van der Waals surface area contributed by atoms with Gasteiger partial charge in [0, 0.05) is 12.1 Å². The first-order chi connectivity index (χ1) is 9.15. The molecule has 0 aliphatic carbocycles. The van der Waals surface area contributed by atoms with Gasteiger partial charge in [0.1, 0.15) is 0 Å². The summed E-state index contributed by atoms with van der Waals surface area (Å²) in [6.45, 7) is 4.06. The van der Waals surface area contributed by atoms with Crippen molar-refractivity contribution in [3.05, 3.63) is 65.2 Å². The molecule has 0 saturated heterocycles. The molecular formula is C17H19NO. The largest absolute Gasteiger partial charge is 0.326 e. The van der Waals surface area contributed by atoms with Crippen molar-refractivity contribution < 1.29 is 4.79 Å². The summed E-state index contributed by atoms with van der Waals surface area (Å²) < 4.78 is 0. The van der Waals surface area contributed by atoms with Gasteiger partial charge in [0.25, 0.3) is 0 Å². The molecule has 0 atom stereocenters. The lowest BCUT2D eigenvalue weighted by Crippen LogP contribution is -2.13. The van der Waals surface area contributed by atoms with Crippen LogP contribution in [-0.2, 0) is 11.2 Å². The number of anilines is 1. The summed E-state index contributed by atoms with van der Waals surface area (Å²) in [5.41, 5.74) is 4.43. The number of hydrogen-bond donors (Lipinski definition) is 1. The Balaban J connectivity index is 1.88. The van der Waals surface area contributed by atoms with Crippen molar-refractivity contribution >= 4 is 11.6 Å². The van der Waals surface area contributed by atoms with Crippen LogP contribution in [0.4, 0.5) is 5.69 Å². The minimum absolute atomic E-state index is 0.0647. The van der Waals surface area contributed by atoms with E-state index < -0.39 is 0 Å². The Bertz CT molecular complexity index is 558. The van der Waals surface area contributed by atoms with Gasteiger partial charge in [-0.15, -0.1) is 0 Å². The first kappa shape index (κ1) is 13.3. The molecule has 2 aromatic carbocycles. The minimum atomic E-state index is 0.0647. The van der Waals surface area contributed by atoms with Gasteiger partial charge < -0.3 is 5.32 Å². The first-order valence-corrected chi connectivity index (χ1v) is 6.56. The molecule has 0 bridgehead atoms. The van der Waals surface area contributed by atoms with Gasteiger partial charge in [-0.2, -0.15) is 0 Å². The van der Waals surface area contributed by atoms with Gasteiger partial charge in [-0.05, 0) is 37.5 Å². The normalized spacial score (nSPS) is 10.2. The summed E-state index contributed by atoms with van der Waals surface area (Å²) >= 11 is 0. The van der Waals surface area contributed by atoms with Crippen LogP contribution in [-0.4, -0.2) is 5.91 Å². The standard InChI is InChI=1S/C17H19NO/c1-13-7-9-15(10-8-13)11-12-17(19)18-16-6-4-3-5-14(16)2/h3-10H,11-12H2,1-2H3,(H,18,19). The van der Waals surface area contributed by atoms with Gasteiger partial charge in [-0.1, -0.05) is 48.0 Å². The molecule has 2 heteroatoms. The topological polar surface area (TPSA) is 29.1 Å². The molecule has 19 heavy (non-hydrogen) atoms. The Morgan fingerprint density at radius 3 is 2.37 bits per heavy atom. The van der Waals surface area contributed by atoms with Crippen molar-refractivity contribution in [3.8, 4) is 0 Å². The predicted molar refractivity (Wildman–Crippen MR) is 79.3 cm³/mol. The molecule has 1 amide bonds. The van der Waals surface area contributed by atoms with Gasteiger partial charge in [0.2, 0.25) is 5.91 Å². The smallest absolute Gasteiger partial charge is 0.224 e. The van der Waals surface area contributed by atoms with Gasteiger partial charge in [0.15, 0.2) is 0 Å². The first-order valence-electron chi connectivity index (χ1n) is 6.56. The second-order valence-electron chi connectivity index (χ2n) is 4.85. The van der Waals surface area contributed by atoms with Crippen LogP contribution >= 0.6 is 0 Å². The summed E-state index contributed by atoms with van der Waals surface area (Å²) in [4.78, 5) is 11.9. The minimum Gasteiger partial charge on any atom is -0.326 e. The third-order valence-corrected chi connectivity index (χ3v) is 3.18. The maximum absolute atomic E-state index is 11.9. The van der Waals surface area contributed by atoms with E-state index in [0.29, 0.717) is 6.42 Å². The van der Waals surface area contributed by atoms with Gasteiger partial charge in [-0.25, -0.2) is 0 Å². The van der Waals surface area contributed by atoms with Crippen LogP contribution in [0.3, 0.4) is 0 Å². The van der Waals surface area contributed by atoms with Crippen molar-refractivity contribution in [2.24, 2.45) is 0 Å². The summed E-state index contributed by atoms with van der Waals surface area (Å²) in [7, 11) is 0. The van der Waals surface area contributed by atoms with Crippen LogP contribution < -0.4 is 5.32 Å². The van der Waals surface area contributed by atoms with Gasteiger partial charge in [-0.3, -0.25) is 4.79 Å². The molecular weight excluding hydrogens is 234 g/mol. The molecule has 0 saturated carbocycles. The maximum atomic E-state index is 11.9. The zero-order valence-corrected chi connectivity index (χ0v) is 11.4. The summed E-state index contributed by atoms with van der Waals surface area (Å²) in [5.74, 6) is 0.0647. The van der Waals surface area contributed by atoms with Crippen molar-refractivity contribution in [3.63, 3.8) is 0 Å². The molecule has 0 fully saturated rings. The Morgan fingerprint density at radius 1 is 1.00 bits per heavy atom. The van der Waals surface area contributed by atoms with E-state index in [2.05, 4.69) is 36.5 Å². The number of rotatable bonds is 4. The third-order valence-electron chi connectivity index (χ3n) is 3.18. The van der Waals surface area contributed by atoms with Gasteiger partial charge >= 0.3 is 0 Å². The van der Waals surface area contributed by atoms with Crippen molar-refractivity contribution in [1.82, 2.24) is 0 Å². The molecule has 0 radical (unpaired) electrons. The molecule has 2 rings (SSSR count). The molecule has 2 aromatic rings. The van der Waals surface area contributed by atoms with Crippen LogP contribution in [0.2, 0.25) is 0 Å². The highest BCUT2D eigenvalue weighted by Crippen LogP contribution is 2.14. The highest BCUT2D eigenvalue weighted by molar-refractivity contribution is 5.91. The Labute approximate surface area is 114 Å². The number of carbonyl (C=O) groups excluding carboxylic acids is 1. The highest BCUT2D eigenvalue weighted by Gasteiger charge is 2.04. The second-order valence-corrected chi connectivity index (χ2v) is 4.85.